The topological polar surface area (TPSA) is 62.4 Å². The molecule has 2 amide bonds. The van der Waals surface area contributed by atoms with Gasteiger partial charge in [0.2, 0.25) is 5.91 Å². The van der Waals surface area contributed by atoms with Gasteiger partial charge in [0.1, 0.15) is 12.5 Å². The van der Waals surface area contributed by atoms with Crippen LogP contribution in [0.4, 0.5) is 18.0 Å². The third-order valence-electron chi connectivity index (χ3n) is 3.07. The van der Waals surface area contributed by atoms with Gasteiger partial charge in [0.05, 0.1) is 6.54 Å². The molecule has 0 spiro atoms. The van der Waals surface area contributed by atoms with Crippen molar-refractivity contribution in [2.75, 3.05) is 13.2 Å². The number of aromatic amines is 1. The van der Waals surface area contributed by atoms with Crippen molar-refractivity contribution in [3.63, 3.8) is 0 Å². The highest BCUT2D eigenvalue weighted by Crippen LogP contribution is 2.37. The van der Waals surface area contributed by atoms with E-state index >= 15 is 0 Å². The quantitative estimate of drug-likeness (QED) is 0.929. The molecule has 1 saturated heterocycles. The number of cyclic esters (lactones) is 1. The van der Waals surface area contributed by atoms with E-state index in [9.17, 15) is 22.8 Å². The van der Waals surface area contributed by atoms with Crippen LogP contribution < -0.4 is 0 Å². The molecule has 1 fully saturated rings. The standard InChI is InChI=1S/C12H13F3N2O3/c1-7-2-3-9(16-7)8(12(13,14)15)6-10(18)17-4-5-20-11(17)19/h2-3,8,16H,4-6H2,1H3. The van der Waals surface area contributed by atoms with Crippen molar-refractivity contribution < 1.29 is 27.5 Å². The van der Waals surface area contributed by atoms with E-state index in [2.05, 4.69) is 9.72 Å². The summed E-state index contributed by atoms with van der Waals surface area (Å²) in [5.41, 5.74) is 0.484. The average molecular weight is 290 g/mol. The molecule has 1 N–H and O–H groups in total. The number of aromatic nitrogens is 1. The van der Waals surface area contributed by atoms with Crippen LogP contribution in [0.15, 0.2) is 12.1 Å². The first-order chi connectivity index (χ1) is 9.29. The first-order valence-corrected chi connectivity index (χ1v) is 5.98. The van der Waals surface area contributed by atoms with E-state index in [-0.39, 0.29) is 18.8 Å². The van der Waals surface area contributed by atoms with Gasteiger partial charge in [-0.25, -0.2) is 9.69 Å². The van der Waals surface area contributed by atoms with Crippen molar-refractivity contribution >= 4 is 12.0 Å². The molecule has 0 saturated carbocycles. The van der Waals surface area contributed by atoms with Crippen molar-refractivity contribution in [3.05, 3.63) is 23.5 Å². The van der Waals surface area contributed by atoms with Crippen molar-refractivity contribution in [1.82, 2.24) is 9.88 Å². The number of hydrogen-bond donors (Lipinski definition) is 1. The van der Waals surface area contributed by atoms with Gasteiger partial charge in [0.15, 0.2) is 0 Å². The number of nitrogens with zero attached hydrogens (tertiary/aromatic N) is 1. The van der Waals surface area contributed by atoms with Gasteiger partial charge in [0.25, 0.3) is 0 Å². The molecule has 0 radical (unpaired) electrons. The Kier molecular flexibility index (Phi) is 3.74. The molecule has 0 bridgehead atoms. The highest BCUT2D eigenvalue weighted by Gasteiger charge is 2.44. The van der Waals surface area contributed by atoms with Gasteiger partial charge in [-0.05, 0) is 19.1 Å². The van der Waals surface area contributed by atoms with Gasteiger partial charge in [-0.2, -0.15) is 13.2 Å². The van der Waals surface area contributed by atoms with Gasteiger partial charge >= 0.3 is 12.3 Å². The highest BCUT2D eigenvalue weighted by molar-refractivity contribution is 5.93. The number of carbonyl (C=O) groups is 2. The third kappa shape index (κ3) is 2.94. The zero-order valence-electron chi connectivity index (χ0n) is 10.7. The predicted octanol–water partition coefficient (Wildman–Crippen LogP) is 2.34. The van der Waals surface area contributed by atoms with Crippen molar-refractivity contribution in [2.24, 2.45) is 0 Å². The average Bonchev–Trinajstić information content (AvgIpc) is 2.93. The lowest BCUT2D eigenvalue weighted by Crippen LogP contribution is -2.35. The lowest BCUT2D eigenvalue weighted by molar-refractivity contribution is -0.160. The van der Waals surface area contributed by atoms with E-state index in [1.165, 1.54) is 12.1 Å². The van der Waals surface area contributed by atoms with Crippen LogP contribution in [0.25, 0.3) is 0 Å². The van der Waals surface area contributed by atoms with E-state index in [1.54, 1.807) is 6.92 Å². The summed E-state index contributed by atoms with van der Waals surface area (Å²) in [5.74, 6) is -2.85. The molecule has 0 aromatic carbocycles. The van der Waals surface area contributed by atoms with Crippen LogP contribution in [0.2, 0.25) is 0 Å². The second-order valence-electron chi connectivity index (χ2n) is 4.55. The zero-order valence-corrected chi connectivity index (χ0v) is 10.7. The van der Waals surface area contributed by atoms with E-state index in [0.29, 0.717) is 10.6 Å². The Morgan fingerprint density at radius 3 is 2.65 bits per heavy atom. The Bertz CT molecular complexity index is 524. The predicted molar refractivity (Wildman–Crippen MR) is 62.0 cm³/mol. The van der Waals surface area contributed by atoms with Crippen LogP contribution in [0.1, 0.15) is 23.7 Å². The molecule has 0 aliphatic carbocycles. The Morgan fingerprint density at radius 2 is 2.20 bits per heavy atom. The van der Waals surface area contributed by atoms with Crippen LogP contribution in [0, 0.1) is 6.92 Å². The fraction of sp³-hybridized carbons (Fsp3) is 0.500. The maximum absolute atomic E-state index is 13.1. The molecule has 2 heterocycles. The van der Waals surface area contributed by atoms with E-state index in [0.717, 1.165) is 0 Å². The monoisotopic (exact) mass is 290 g/mol. The molecule has 20 heavy (non-hydrogen) atoms. The fourth-order valence-electron chi connectivity index (χ4n) is 2.04. The summed E-state index contributed by atoms with van der Waals surface area (Å²) in [6, 6.07) is 2.80. The lowest BCUT2D eigenvalue weighted by atomic mass is 10.0. The number of hydrogen-bond acceptors (Lipinski definition) is 3. The Morgan fingerprint density at radius 1 is 1.50 bits per heavy atom. The molecule has 1 aliphatic heterocycles. The van der Waals surface area contributed by atoms with Gasteiger partial charge in [-0.1, -0.05) is 0 Å². The normalized spacial score (nSPS) is 17.2. The summed E-state index contributed by atoms with van der Waals surface area (Å²) in [5, 5.41) is 0. The number of ether oxygens (including phenoxy) is 1. The molecule has 1 aromatic rings. The van der Waals surface area contributed by atoms with E-state index < -0.39 is 30.5 Å². The minimum atomic E-state index is -4.57. The number of alkyl halides is 3. The summed E-state index contributed by atoms with van der Waals surface area (Å²) in [6.07, 6.45) is -6.28. The van der Waals surface area contributed by atoms with E-state index in [4.69, 9.17) is 0 Å². The van der Waals surface area contributed by atoms with Crippen LogP contribution in [-0.2, 0) is 9.53 Å². The zero-order chi connectivity index (χ0) is 14.9. The SMILES string of the molecule is Cc1ccc(C(CC(=O)N2CCOC2=O)C(F)(F)F)[nH]1. The molecular formula is C12H13F3N2O3. The number of aryl methyl sites for hydroxylation is 1. The number of rotatable bonds is 3. The molecule has 1 unspecified atom stereocenters. The second kappa shape index (κ2) is 5.18. The molecule has 8 heteroatoms. The van der Waals surface area contributed by atoms with Crippen molar-refractivity contribution in [2.45, 2.75) is 25.4 Å². The molecule has 110 valence electrons. The summed E-state index contributed by atoms with van der Waals surface area (Å²) >= 11 is 0. The molecule has 1 atom stereocenters. The van der Waals surface area contributed by atoms with Gasteiger partial charge in [0, 0.05) is 17.8 Å². The summed E-state index contributed by atoms with van der Waals surface area (Å²) in [4.78, 5) is 26.3. The number of carbonyl (C=O) groups excluding carboxylic acids is 2. The number of imide groups is 1. The number of nitrogens with one attached hydrogen (secondary N) is 1. The molecule has 2 rings (SSSR count). The third-order valence-corrected chi connectivity index (χ3v) is 3.07. The van der Waals surface area contributed by atoms with Crippen LogP contribution in [0.3, 0.4) is 0 Å². The first kappa shape index (κ1) is 14.4. The van der Waals surface area contributed by atoms with Crippen molar-refractivity contribution in [1.29, 1.82) is 0 Å². The molecule has 1 aliphatic rings. The minimum absolute atomic E-state index is 0.00794. The summed E-state index contributed by atoms with van der Waals surface area (Å²) < 4.78 is 43.7. The first-order valence-electron chi connectivity index (χ1n) is 5.98. The summed E-state index contributed by atoms with van der Waals surface area (Å²) in [6.45, 7) is 1.63. The fourth-order valence-corrected chi connectivity index (χ4v) is 2.04. The minimum Gasteiger partial charge on any atom is -0.447 e. The largest absolute Gasteiger partial charge is 0.447 e. The smallest absolute Gasteiger partial charge is 0.416 e. The number of halogens is 3. The van der Waals surface area contributed by atoms with Crippen LogP contribution >= 0.6 is 0 Å². The maximum Gasteiger partial charge on any atom is 0.416 e. The lowest BCUT2D eigenvalue weighted by Gasteiger charge is -2.20. The van der Waals surface area contributed by atoms with Gasteiger partial charge in [-0.15, -0.1) is 0 Å². The molecular weight excluding hydrogens is 277 g/mol. The van der Waals surface area contributed by atoms with Crippen LogP contribution in [0.5, 0.6) is 0 Å². The Balaban J connectivity index is 2.16. The van der Waals surface area contributed by atoms with E-state index in [1.807, 2.05) is 0 Å². The number of H-pyrrole nitrogens is 1. The van der Waals surface area contributed by atoms with Gasteiger partial charge < -0.3 is 9.72 Å². The Labute approximate surface area is 112 Å². The number of amides is 2. The van der Waals surface area contributed by atoms with Gasteiger partial charge in [-0.3, -0.25) is 4.79 Å². The molecule has 5 nitrogen and oxygen atoms in total. The van der Waals surface area contributed by atoms with Crippen molar-refractivity contribution in [3.8, 4) is 0 Å². The highest BCUT2D eigenvalue weighted by atomic mass is 19.4. The Hall–Kier alpha value is -1.99. The maximum atomic E-state index is 13.1. The summed E-state index contributed by atoms with van der Waals surface area (Å²) in [7, 11) is 0. The molecule has 1 aromatic heterocycles. The second-order valence-corrected chi connectivity index (χ2v) is 4.55. The van der Waals surface area contributed by atoms with Crippen LogP contribution in [-0.4, -0.2) is 41.2 Å².